The summed E-state index contributed by atoms with van der Waals surface area (Å²) in [6.45, 7) is 16.4. The van der Waals surface area contributed by atoms with E-state index in [2.05, 4.69) is 20.8 Å². The Morgan fingerprint density at radius 2 is 0.964 bits per heavy atom. The zero-order valence-corrected chi connectivity index (χ0v) is 35.7. The molecule has 2 unspecified atom stereocenters. The summed E-state index contributed by atoms with van der Waals surface area (Å²) in [5, 5.41) is 10.4. The van der Waals surface area contributed by atoms with Gasteiger partial charge in [0.05, 0.1) is 63.0 Å². The van der Waals surface area contributed by atoms with Crippen LogP contribution in [-0.2, 0) is 33.2 Å². The SMILES string of the molecule is CCC1(CCCCCCOC(=C(C)C(=O)O)C23CC4CC(OCCCCCCC5(CC)COC5)(CC(OCCCCCCC5(CC)COC5)(C4)C2)C3)COC1. The first-order valence-corrected chi connectivity index (χ1v) is 23.2. The molecule has 7 rings (SSSR count). The lowest BCUT2D eigenvalue weighted by Gasteiger charge is -2.66. The molecular weight excluding hydrogens is 693 g/mol. The fraction of sp³-hybridized carbons (Fsp3) is 0.936. The molecule has 4 saturated carbocycles. The van der Waals surface area contributed by atoms with Crippen molar-refractivity contribution in [3.05, 3.63) is 11.3 Å². The maximum atomic E-state index is 12.7. The molecule has 0 amide bonds. The quantitative estimate of drug-likeness (QED) is 0.0456. The first kappa shape index (κ1) is 43.4. The average molecular weight is 773 g/mol. The number of hydrogen-bond donors (Lipinski definition) is 1. The molecule has 0 aromatic heterocycles. The number of unbranched alkanes of at least 4 members (excludes halogenated alkanes) is 9. The van der Waals surface area contributed by atoms with E-state index >= 15 is 0 Å². The van der Waals surface area contributed by atoms with Crippen LogP contribution >= 0.6 is 0 Å². The summed E-state index contributed by atoms with van der Waals surface area (Å²) < 4.78 is 37.5. The third-order valence-corrected chi connectivity index (χ3v) is 15.7. The van der Waals surface area contributed by atoms with E-state index in [9.17, 15) is 9.90 Å². The third kappa shape index (κ3) is 10.5. The number of hydrogen-bond acceptors (Lipinski definition) is 7. The molecule has 3 aliphatic heterocycles. The summed E-state index contributed by atoms with van der Waals surface area (Å²) in [5.74, 6) is 0.332. The Kier molecular flexibility index (Phi) is 15.2. The smallest absolute Gasteiger partial charge is 0.334 e. The van der Waals surface area contributed by atoms with Gasteiger partial charge in [-0.25, -0.2) is 4.79 Å². The number of carboxylic acid groups (broad SMARTS) is 1. The average Bonchev–Trinajstić information content (AvgIpc) is 3.10. The second-order valence-electron chi connectivity index (χ2n) is 20.0. The lowest BCUT2D eigenvalue weighted by Crippen LogP contribution is -2.65. The Morgan fingerprint density at radius 3 is 1.33 bits per heavy atom. The fourth-order valence-electron chi connectivity index (χ4n) is 12.0. The number of rotatable bonds is 29. The van der Waals surface area contributed by atoms with E-state index in [0.29, 0.717) is 34.3 Å². The molecule has 3 saturated heterocycles. The summed E-state index contributed by atoms with van der Waals surface area (Å²) in [5.41, 5.74) is 0.763. The molecule has 0 spiro atoms. The monoisotopic (exact) mass is 773 g/mol. The minimum atomic E-state index is -0.861. The molecule has 2 atom stereocenters. The Labute approximate surface area is 334 Å². The first-order valence-electron chi connectivity index (χ1n) is 23.2. The molecule has 0 aromatic rings. The van der Waals surface area contributed by atoms with Crippen LogP contribution in [0.1, 0.15) is 182 Å². The lowest BCUT2D eigenvalue weighted by atomic mass is 9.45. The molecule has 8 heteroatoms. The highest BCUT2D eigenvalue weighted by atomic mass is 16.5. The van der Waals surface area contributed by atoms with E-state index in [-0.39, 0.29) is 16.6 Å². The highest BCUT2D eigenvalue weighted by molar-refractivity contribution is 5.86. The topological polar surface area (TPSA) is 92.7 Å². The van der Waals surface area contributed by atoms with Crippen molar-refractivity contribution in [2.24, 2.45) is 27.6 Å². The Morgan fingerprint density at radius 1 is 0.564 bits per heavy atom. The van der Waals surface area contributed by atoms with Gasteiger partial charge in [-0.15, -0.1) is 0 Å². The summed E-state index contributed by atoms with van der Waals surface area (Å²) in [6.07, 6.45) is 27.2. The number of aliphatic carboxylic acids is 1. The van der Waals surface area contributed by atoms with Gasteiger partial charge in [0.1, 0.15) is 5.76 Å². The molecule has 55 heavy (non-hydrogen) atoms. The van der Waals surface area contributed by atoms with E-state index in [1.54, 1.807) is 6.92 Å². The van der Waals surface area contributed by atoms with Crippen molar-refractivity contribution < 1.29 is 38.3 Å². The number of allylic oxidation sites excluding steroid dienone is 1. The molecule has 4 aliphatic carbocycles. The minimum absolute atomic E-state index is 0.276. The predicted octanol–water partition coefficient (Wildman–Crippen LogP) is 11.0. The predicted molar refractivity (Wildman–Crippen MR) is 217 cm³/mol. The van der Waals surface area contributed by atoms with Gasteiger partial charge in [0, 0.05) is 41.3 Å². The molecule has 4 bridgehead atoms. The summed E-state index contributed by atoms with van der Waals surface area (Å²) in [7, 11) is 0. The summed E-state index contributed by atoms with van der Waals surface area (Å²) in [6, 6.07) is 0. The minimum Gasteiger partial charge on any atom is -0.497 e. The van der Waals surface area contributed by atoms with Crippen LogP contribution in [0.4, 0.5) is 0 Å². The lowest BCUT2D eigenvalue weighted by molar-refractivity contribution is -0.261. The van der Waals surface area contributed by atoms with Crippen LogP contribution in [0.3, 0.4) is 0 Å². The molecule has 0 aromatic carbocycles. The Hall–Kier alpha value is -1.19. The molecular formula is C47H80O8. The van der Waals surface area contributed by atoms with Crippen molar-refractivity contribution in [1.29, 1.82) is 0 Å². The van der Waals surface area contributed by atoms with Crippen molar-refractivity contribution in [2.75, 3.05) is 59.5 Å². The zero-order chi connectivity index (χ0) is 38.9. The van der Waals surface area contributed by atoms with Crippen LogP contribution in [-0.4, -0.2) is 81.7 Å². The summed E-state index contributed by atoms with van der Waals surface area (Å²) >= 11 is 0. The molecule has 316 valence electrons. The largest absolute Gasteiger partial charge is 0.497 e. The third-order valence-electron chi connectivity index (χ3n) is 15.7. The van der Waals surface area contributed by atoms with Crippen LogP contribution in [0, 0.1) is 27.6 Å². The molecule has 3 heterocycles. The highest BCUT2D eigenvalue weighted by Gasteiger charge is 2.66. The molecule has 0 radical (unpaired) electrons. The zero-order valence-electron chi connectivity index (χ0n) is 35.7. The van der Waals surface area contributed by atoms with Crippen LogP contribution < -0.4 is 0 Å². The van der Waals surface area contributed by atoms with Gasteiger partial charge < -0.3 is 33.5 Å². The van der Waals surface area contributed by atoms with E-state index in [1.807, 2.05) is 0 Å². The van der Waals surface area contributed by atoms with Gasteiger partial charge >= 0.3 is 5.97 Å². The maximum absolute atomic E-state index is 12.7. The molecule has 7 aliphatic rings. The standard InChI is InChI=1S/C47H80O8/c1-5-42(32-50-33-42)20-14-8-11-17-23-53-40(38(4)41(48)49)45-26-39-27-46(29-45,54-24-18-12-9-15-21-43(6-2)34-51-35-43)31-47(28-39,30-45)55-25-19-13-10-16-22-44(7-3)36-52-37-44/h39H,5-37H2,1-4H3,(H,48,49). The van der Waals surface area contributed by atoms with Gasteiger partial charge in [0.2, 0.25) is 0 Å². The Balaban J connectivity index is 1.05. The van der Waals surface area contributed by atoms with Crippen molar-refractivity contribution in [2.45, 2.75) is 193 Å². The number of carboxylic acids is 1. The number of carbonyl (C=O) groups is 1. The van der Waals surface area contributed by atoms with Gasteiger partial charge in [-0.2, -0.15) is 0 Å². The maximum Gasteiger partial charge on any atom is 0.334 e. The van der Waals surface area contributed by atoms with Crippen molar-refractivity contribution in [3.63, 3.8) is 0 Å². The normalized spacial score (nSPS) is 31.3. The van der Waals surface area contributed by atoms with Crippen molar-refractivity contribution in [1.82, 2.24) is 0 Å². The van der Waals surface area contributed by atoms with Crippen LogP contribution in [0.15, 0.2) is 11.3 Å². The van der Waals surface area contributed by atoms with Crippen LogP contribution in [0.25, 0.3) is 0 Å². The van der Waals surface area contributed by atoms with E-state index in [4.69, 9.17) is 28.4 Å². The van der Waals surface area contributed by atoms with Crippen molar-refractivity contribution >= 4 is 5.97 Å². The van der Waals surface area contributed by atoms with E-state index in [0.717, 1.165) is 123 Å². The van der Waals surface area contributed by atoms with Crippen LogP contribution in [0.2, 0.25) is 0 Å². The fourth-order valence-corrected chi connectivity index (χ4v) is 12.0. The molecule has 8 nitrogen and oxygen atoms in total. The molecule has 1 N–H and O–H groups in total. The van der Waals surface area contributed by atoms with Crippen LogP contribution in [0.5, 0.6) is 0 Å². The summed E-state index contributed by atoms with van der Waals surface area (Å²) in [4.78, 5) is 12.7. The highest BCUT2D eigenvalue weighted by Crippen LogP contribution is 2.68. The second-order valence-corrected chi connectivity index (χ2v) is 20.0. The number of ether oxygens (including phenoxy) is 6. The second kappa shape index (κ2) is 19.3. The van der Waals surface area contributed by atoms with Gasteiger partial charge in [-0.3, -0.25) is 0 Å². The van der Waals surface area contributed by atoms with Gasteiger partial charge in [0.15, 0.2) is 0 Å². The van der Waals surface area contributed by atoms with Gasteiger partial charge in [-0.1, -0.05) is 78.6 Å². The molecule has 7 fully saturated rings. The Bertz CT molecular complexity index is 1180. The first-order chi connectivity index (χ1) is 26.6. The van der Waals surface area contributed by atoms with Gasteiger partial charge in [-0.05, 0) is 103 Å². The van der Waals surface area contributed by atoms with Crippen molar-refractivity contribution in [3.8, 4) is 0 Å². The van der Waals surface area contributed by atoms with E-state index in [1.165, 1.54) is 89.9 Å². The van der Waals surface area contributed by atoms with E-state index < -0.39 is 5.97 Å². The van der Waals surface area contributed by atoms with Gasteiger partial charge in [0.25, 0.3) is 0 Å².